The zero-order valence-electron chi connectivity index (χ0n) is 15.3. The Hall–Kier alpha value is -3.13. The van der Waals surface area contributed by atoms with E-state index in [2.05, 4.69) is 107 Å². The van der Waals surface area contributed by atoms with Crippen LogP contribution in [0.25, 0.3) is 0 Å². The summed E-state index contributed by atoms with van der Waals surface area (Å²) in [5, 5.41) is 0. The second-order valence-corrected chi connectivity index (χ2v) is 6.67. The van der Waals surface area contributed by atoms with E-state index in [0.717, 1.165) is 12.8 Å². The molecule has 2 heteroatoms. The van der Waals surface area contributed by atoms with Crippen molar-refractivity contribution in [2.24, 2.45) is 0 Å². The van der Waals surface area contributed by atoms with Crippen LogP contribution < -0.4 is 0 Å². The summed E-state index contributed by atoms with van der Waals surface area (Å²) >= 11 is 0. The van der Waals surface area contributed by atoms with Crippen LogP contribution in [0.1, 0.15) is 28.8 Å². The number of benzene rings is 3. The second kappa shape index (κ2) is 7.63. The molecule has 0 aliphatic rings. The highest BCUT2D eigenvalue weighted by atomic mass is 15.1. The Labute approximate surface area is 161 Å². The lowest BCUT2D eigenvalue weighted by Gasteiger charge is -2.38. The van der Waals surface area contributed by atoms with Gasteiger partial charge in [0.2, 0.25) is 0 Å². The summed E-state index contributed by atoms with van der Waals surface area (Å²) in [7, 11) is 0. The molecule has 1 aromatic heterocycles. The van der Waals surface area contributed by atoms with Crippen LogP contribution in [-0.4, -0.2) is 9.55 Å². The van der Waals surface area contributed by atoms with Crippen LogP contribution in [-0.2, 0) is 12.0 Å². The van der Waals surface area contributed by atoms with Gasteiger partial charge in [-0.3, -0.25) is 0 Å². The minimum Gasteiger partial charge on any atom is -0.316 e. The molecule has 4 rings (SSSR count). The molecule has 0 aliphatic heterocycles. The smallest absolute Gasteiger partial charge is 0.121 e. The van der Waals surface area contributed by atoms with E-state index in [4.69, 9.17) is 0 Å². The van der Waals surface area contributed by atoms with Gasteiger partial charge in [0.05, 0.1) is 6.33 Å². The first-order valence-corrected chi connectivity index (χ1v) is 9.35. The first-order valence-electron chi connectivity index (χ1n) is 9.35. The fourth-order valence-electron chi connectivity index (χ4n) is 3.95. The van der Waals surface area contributed by atoms with Gasteiger partial charge in [-0.2, -0.15) is 0 Å². The monoisotopic (exact) mass is 351 g/mol. The van der Waals surface area contributed by atoms with Crippen molar-refractivity contribution in [2.45, 2.75) is 18.4 Å². The van der Waals surface area contributed by atoms with Gasteiger partial charge in [-0.15, -0.1) is 0 Å². The van der Waals surface area contributed by atoms with E-state index in [-0.39, 0.29) is 0 Å². The zero-order chi connectivity index (χ0) is 18.5. The molecule has 4 aromatic rings. The highest BCUT2D eigenvalue weighted by Gasteiger charge is 2.39. The van der Waals surface area contributed by atoms with Gasteiger partial charge in [0, 0.05) is 11.9 Å². The van der Waals surface area contributed by atoms with Gasteiger partial charge < -0.3 is 4.57 Å². The summed E-state index contributed by atoms with van der Waals surface area (Å²) in [6.07, 6.45) is 5.64. The molecule has 2 nitrogen and oxygen atoms in total. The summed E-state index contributed by atoms with van der Waals surface area (Å²) in [5.41, 5.74) is 4.34. The maximum atomic E-state index is 4.52. The third-order valence-corrected chi connectivity index (χ3v) is 5.08. The summed E-state index contributed by atoms with van der Waals surface area (Å²) in [5.74, 6) is 0. The molecule has 1 radical (unpaired) electrons. The number of rotatable bonds is 6. The van der Waals surface area contributed by atoms with Gasteiger partial charge in [0.1, 0.15) is 5.54 Å². The van der Waals surface area contributed by atoms with Crippen molar-refractivity contribution >= 4 is 0 Å². The molecule has 0 unspecified atom stereocenters. The number of nitrogens with zero attached hydrogens (tertiary/aromatic N) is 2. The normalized spacial score (nSPS) is 11.4. The standard InChI is InChI=1S/C25H23N2/c1-2-12-24-19-26-20-27(24)25(21-13-6-3-7-14-21,22-15-8-4-9-16-22)23-17-10-5-11-18-23/h3-11,13-20H,1-2,12H2. The summed E-state index contributed by atoms with van der Waals surface area (Å²) in [4.78, 5) is 4.52. The Morgan fingerprint density at radius 1 is 0.704 bits per heavy atom. The van der Waals surface area contributed by atoms with Crippen LogP contribution >= 0.6 is 0 Å². The third-order valence-electron chi connectivity index (χ3n) is 5.08. The molecular weight excluding hydrogens is 328 g/mol. The fraction of sp³-hybridized carbons (Fsp3) is 0.120. The molecule has 1 heterocycles. The van der Waals surface area contributed by atoms with Crippen molar-refractivity contribution in [1.29, 1.82) is 0 Å². The molecule has 0 saturated carbocycles. The molecule has 0 N–H and O–H groups in total. The summed E-state index contributed by atoms with van der Waals surface area (Å²) < 4.78 is 2.32. The fourth-order valence-corrected chi connectivity index (χ4v) is 3.95. The highest BCUT2D eigenvalue weighted by Crippen LogP contribution is 2.41. The van der Waals surface area contributed by atoms with Crippen LogP contribution in [0, 0.1) is 6.92 Å². The van der Waals surface area contributed by atoms with Crippen LogP contribution in [0.3, 0.4) is 0 Å². The average Bonchev–Trinajstić information content (AvgIpc) is 3.20. The SMILES string of the molecule is [CH2]CCc1cncn1C(c1ccccc1)(c1ccccc1)c1ccccc1. The molecule has 27 heavy (non-hydrogen) atoms. The van der Waals surface area contributed by atoms with Crippen molar-refractivity contribution in [3.8, 4) is 0 Å². The van der Waals surface area contributed by atoms with E-state index in [9.17, 15) is 0 Å². The largest absolute Gasteiger partial charge is 0.316 e. The molecule has 3 aromatic carbocycles. The lowest BCUT2D eigenvalue weighted by atomic mass is 9.76. The highest BCUT2D eigenvalue weighted by molar-refractivity contribution is 5.51. The van der Waals surface area contributed by atoms with Crippen LogP contribution in [0.4, 0.5) is 0 Å². The predicted octanol–water partition coefficient (Wildman–Crippen LogP) is 5.49. The molecule has 0 atom stereocenters. The van der Waals surface area contributed by atoms with Crippen molar-refractivity contribution in [3.63, 3.8) is 0 Å². The van der Waals surface area contributed by atoms with Crippen LogP contribution in [0.5, 0.6) is 0 Å². The molecule has 0 aliphatic carbocycles. The molecule has 0 saturated heterocycles. The van der Waals surface area contributed by atoms with Crippen molar-refractivity contribution in [2.75, 3.05) is 0 Å². The predicted molar refractivity (Wildman–Crippen MR) is 111 cm³/mol. The number of hydrogen-bond acceptors (Lipinski definition) is 1. The molecular formula is C25H23N2. The van der Waals surface area contributed by atoms with Crippen molar-refractivity contribution in [3.05, 3.63) is 133 Å². The van der Waals surface area contributed by atoms with Gasteiger partial charge in [-0.1, -0.05) is 97.9 Å². The van der Waals surface area contributed by atoms with E-state index >= 15 is 0 Å². The quantitative estimate of drug-likeness (QED) is 0.420. The van der Waals surface area contributed by atoms with Crippen molar-refractivity contribution in [1.82, 2.24) is 9.55 Å². The van der Waals surface area contributed by atoms with Gasteiger partial charge in [0.25, 0.3) is 0 Å². The number of imidazole rings is 1. The number of aromatic nitrogens is 2. The molecule has 0 spiro atoms. The van der Waals surface area contributed by atoms with E-state index < -0.39 is 5.54 Å². The average molecular weight is 351 g/mol. The van der Waals surface area contributed by atoms with Gasteiger partial charge in [-0.05, 0) is 29.5 Å². The Morgan fingerprint density at radius 3 is 1.56 bits per heavy atom. The Bertz CT molecular complexity index is 876. The second-order valence-electron chi connectivity index (χ2n) is 6.67. The van der Waals surface area contributed by atoms with Crippen LogP contribution in [0.2, 0.25) is 0 Å². The third kappa shape index (κ3) is 2.97. The van der Waals surface area contributed by atoms with E-state index in [1.807, 2.05) is 12.5 Å². The molecule has 0 fully saturated rings. The lowest BCUT2D eigenvalue weighted by molar-refractivity contribution is 0.495. The Morgan fingerprint density at radius 2 is 1.15 bits per heavy atom. The number of aryl methyl sites for hydroxylation is 1. The topological polar surface area (TPSA) is 17.8 Å². The van der Waals surface area contributed by atoms with Gasteiger partial charge in [-0.25, -0.2) is 4.98 Å². The Kier molecular flexibility index (Phi) is 4.88. The lowest BCUT2D eigenvalue weighted by Crippen LogP contribution is -2.38. The van der Waals surface area contributed by atoms with E-state index in [1.54, 1.807) is 0 Å². The molecule has 0 amide bonds. The maximum Gasteiger partial charge on any atom is 0.121 e. The van der Waals surface area contributed by atoms with E-state index in [1.165, 1.54) is 22.4 Å². The van der Waals surface area contributed by atoms with E-state index in [0.29, 0.717) is 0 Å². The Balaban J connectivity index is 2.12. The number of hydrogen-bond donors (Lipinski definition) is 0. The van der Waals surface area contributed by atoms with Gasteiger partial charge >= 0.3 is 0 Å². The summed E-state index contributed by atoms with van der Waals surface area (Å²) in [6, 6.07) is 32.0. The first-order chi connectivity index (χ1) is 13.4. The molecule has 0 bridgehead atoms. The first kappa shape index (κ1) is 17.3. The minimum absolute atomic E-state index is 0.481. The minimum atomic E-state index is -0.481. The van der Waals surface area contributed by atoms with Gasteiger partial charge in [0.15, 0.2) is 0 Å². The van der Waals surface area contributed by atoms with Crippen LogP contribution in [0.15, 0.2) is 104 Å². The molecule has 133 valence electrons. The van der Waals surface area contributed by atoms with Crippen molar-refractivity contribution < 1.29 is 0 Å². The maximum absolute atomic E-state index is 4.52. The zero-order valence-corrected chi connectivity index (χ0v) is 15.3. The summed E-state index contributed by atoms with van der Waals surface area (Å²) in [6.45, 7) is 4.06.